The zero-order chi connectivity index (χ0) is 37.9. The second-order valence-corrected chi connectivity index (χ2v) is 16.1. The van der Waals surface area contributed by atoms with Crippen molar-refractivity contribution in [3.05, 3.63) is 102 Å². The lowest BCUT2D eigenvalue weighted by atomic mass is 9.83. The minimum atomic E-state index is -3.85. The van der Waals surface area contributed by atoms with E-state index in [9.17, 15) is 8.42 Å². The molecule has 0 bridgehead atoms. The van der Waals surface area contributed by atoms with Crippen LogP contribution in [0.1, 0.15) is 61.3 Å². The zero-order valence-corrected chi connectivity index (χ0v) is 32.8. The van der Waals surface area contributed by atoms with Gasteiger partial charge >= 0.3 is 0 Å². The number of piperidine rings is 1. The van der Waals surface area contributed by atoms with E-state index in [1.54, 1.807) is 36.2 Å². The molecule has 54 heavy (non-hydrogen) atoms. The summed E-state index contributed by atoms with van der Waals surface area (Å²) < 4.78 is 62.2. The predicted octanol–water partition coefficient (Wildman–Crippen LogP) is 5.99. The fourth-order valence-electron chi connectivity index (χ4n) is 7.35. The molecule has 2 aliphatic rings. The van der Waals surface area contributed by atoms with Crippen LogP contribution in [0.2, 0.25) is 0 Å². The van der Waals surface area contributed by atoms with E-state index in [0.29, 0.717) is 59.0 Å². The van der Waals surface area contributed by atoms with Crippen molar-refractivity contribution in [3.63, 3.8) is 0 Å². The maximum Gasteiger partial charge on any atom is 0.243 e. The molecule has 1 aromatic heterocycles. The Balaban J connectivity index is 1.27. The first-order valence-electron chi connectivity index (χ1n) is 19.1. The van der Waals surface area contributed by atoms with Crippen LogP contribution in [0.15, 0.2) is 84.3 Å². The molecule has 0 radical (unpaired) electrons. The summed E-state index contributed by atoms with van der Waals surface area (Å²) in [6.07, 6.45) is 5.07. The molecule has 0 aliphatic carbocycles. The Hall–Kier alpha value is -3.85. The third-order valence-corrected chi connectivity index (χ3v) is 12.2. The lowest BCUT2D eigenvalue weighted by molar-refractivity contribution is -0.0213. The summed E-state index contributed by atoms with van der Waals surface area (Å²) in [7, 11) is -2.12. The molecule has 1 saturated heterocycles. The topological polar surface area (TPSA) is 117 Å². The van der Waals surface area contributed by atoms with Crippen molar-refractivity contribution in [3.8, 4) is 5.75 Å². The highest BCUT2D eigenvalue weighted by molar-refractivity contribution is 7.89. The molecule has 0 saturated carbocycles. The van der Waals surface area contributed by atoms with Gasteiger partial charge in [-0.25, -0.2) is 8.42 Å². The van der Waals surface area contributed by atoms with Crippen LogP contribution in [0.3, 0.4) is 0 Å². The Morgan fingerprint density at radius 2 is 1.72 bits per heavy atom. The van der Waals surface area contributed by atoms with E-state index in [1.165, 1.54) is 0 Å². The Morgan fingerprint density at radius 3 is 2.46 bits per heavy atom. The van der Waals surface area contributed by atoms with Crippen LogP contribution in [-0.4, -0.2) is 98.9 Å². The zero-order valence-electron chi connectivity index (χ0n) is 32.0. The molecule has 6 rings (SSSR count). The smallest absolute Gasteiger partial charge is 0.243 e. The van der Waals surface area contributed by atoms with Gasteiger partial charge in [-0.2, -0.15) is 4.31 Å². The van der Waals surface area contributed by atoms with Crippen LogP contribution in [0.25, 0.3) is 0 Å². The molecule has 4 aromatic rings. The van der Waals surface area contributed by atoms with Gasteiger partial charge in [0.05, 0.1) is 49.2 Å². The second kappa shape index (κ2) is 19.1. The molecule has 1 fully saturated rings. The van der Waals surface area contributed by atoms with Crippen molar-refractivity contribution in [2.45, 2.75) is 88.9 Å². The molecule has 0 N–H and O–H groups in total. The first-order valence-corrected chi connectivity index (χ1v) is 20.5. The number of benzene rings is 3. The van der Waals surface area contributed by atoms with Gasteiger partial charge in [-0.15, -0.1) is 10.2 Å². The fraction of sp³-hybridized carbons (Fsp3) is 0.512. The number of ether oxygens (including phenoxy) is 5. The molecule has 0 spiro atoms. The fourth-order valence-corrected chi connectivity index (χ4v) is 9.03. The van der Waals surface area contributed by atoms with Crippen molar-refractivity contribution in [1.29, 1.82) is 0 Å². The highest BCUT2D eigenvalue weighted by atomic mass is 32.2. The second-order valence-electron chi connectivity index (χ2n) is 14.2. The van der Waals surface area contributed by atoms with Gasteiger partial charge in [0, 0.05) is 51.9 Å². The normalized spacial score (nSPS) is 19.7. The van der Waals surface area contributed by atoms with Gasteiger partial charge in [-0.1, -0.05) is 48.0 Å². The number of sulfonamides is 1. The molecule has 0 amide bonds. The molecule has 0 unspecified atom stereocenters. The minimum Gasteiger partial charge on any atom is -0.490 e. The van der Waals surface area contributed by atoms with E-state index in [2.05, 4.69) is 45.4 Å². The number of rotatable bonds is 19. The SMILES string of the molecule is CCO[C@H](C)COCc1ccc([C@H]2C[C@H](CCn3cnnc3)N(S(=O)(=O)c3ccc(C)cc3)C[C@@H]2OCc2ccc3c(c2)N(CCCOC)CCO3)cc1. The van der Waals surface area contributed by atoms with Crippen molar-refractivity contribution in [2.24, 2.45) is 0 Å². The predicted molar refractivity (Wildman–Crippen MR) is 207 cm³/mol. The van der Waals surface area contributed by atoms with Crippen LogP contribution in [-0.2, 0) is 48.7 Å². The number of hydrogen-bond acceptors (Lipinski definition) is 10. The van der Waals surface area contributed by atoms with Crippen LogP contribution in [0.4, 0.5) is 5.69 Å². The Bertz CT molecular complexity index is 1840. The number of fused-ring (bicyclic) bond motifs is 1. The molecule has 3 aromatic carbocycles. The first-order chi connectivity index (χ1) is 26.2. The number of hydrogen-bond donors (Lipinski definition) is 0. The minimum absolute atomic E-state index is 0.0324. The summed E-state index contributed by atoms with van der Waals surface area (Å²) in [4.78, 5) is 2.62. The average Bonchev–Trinajstić information content (AvgIpc) is 3.71. The average molecular weight is 762 g/mol. The highest BCUT2D eigenvalue weighted by Crippen LogP contribution is 2.39. The summed E-state index contributed by atoms with van der Waals surface area (Å²) in [6.45, 7) is 11.7. The third-order valence-electron chi connectivity index (χ3n) is 10.3. The largest absolute Gasteiger partial charge is 0.490 e. The Kier molecular flexibility index (Phi) is 14.1. The number of anilines is 1. The quantitative estimate of drug-likeness (QED) is 0.106. The van der Waals surface area contributed by atoms with Crippen LogP contribution < -0.4 is 9.64 Å². The van der Waals surface area contributed by atoms with E-state index < -0.39 is 16.1 Å². The maximum atomic E-state index is 14.5. The third kappa shape index (κ3) is 10.3. The molecule has 13 heteroatoms. The monoisotopic (exact) mass is 761 g/mol. The number of nitrogens with zero attached hydrogens (tertiary/aromatic N) is 5. The van der Waals surface area contributed by atoms with Gasteiger partial charge in [-0.05, 0) is 81.0 Å². The van der Waals surface area contributed by atoms with Crippen molar-refractivity contribution < 1.29 is 32.1 Å². The Morgan fingerprint density at radius 1 is 0.963 bits per heavy atom. The lowest BCUT2D eigenvalue weighted by Crippen LogP contribution is -2.52. The van der Waals surface area contributed by atoms with Crippen LogP contribution in [0, 0.1) is 6.92 Å². The highest BCUT2D eigenvalue weighted by Gasteiger charge is 2.43. The van der Waals surface area contributed by atoms with Crippen molar-refractivity contribution in [2.75, 3.05) is 58.1 Å². The van der Waals surface area contributed by atoms with E-state index in [0.717, 1.165) is 53.2 Å². The van der Waals surface area contributed by atoms with Gasteiger partial charge in [0.2, 0.25) is 10.0 Å². The molecule has 3 heterocycles. The van der Waals surface area contributed by atoms with Crippen LogP contribution in [0.5, 0.6) is 5.75 Å². The number of aromatic nitrogens is 3. The summed E-state index contributed by atoms with van der Waals surface area (Å²) >= 11 is 0. The Labute approximate surface area is 320 Å². The molecule has 292 valence electrons. The van der Waals surface area contributed by atoms with Crippen molar-refractivity contribution in [1.82, 2.24) is 19.1 Å². The molecular weight excluding hydrogens is 707 g/mol. The standard InChI is InChI=1S/C41H55N5O7S/c1-5-51-32(3)26-50-27-33-9-12-35(13-10-33)38-24-36(17-19-44-29-42-43-30-44)46(54(47,48)37-14-7-31(2)8-15-37)25-41(38)53-28-34-11-16-40-39(23-34)45(20-22-52-40)18-6-21-49-4/h7-16,23,29-30,32,36,38,41H,5-6,17-22,24-28H2,1-4H3/t32-,36+,38-,41+/m1/s1. The number of methoxy groups -OCH3 is 1. The summed E-state index contributed by atoms with van der Waals surface area (Å²) in [5, 5.41) is 7.93. The first kappa shape index (κ1) is 39.8. The van der Waals surface area contributed by atoms with E-state index in [4.69, 9.17) is 23.7 Å². The van der Waals surface area contributed by atoms with Crippen LogP contribution >= 0.6 is 0 Å². The summed E-state index contributed by atoms with van der Waals surface area (Å²) in [5.74, 6) is 0.806. The van der Waals surface area contributed by atoms with E-state index in [-0.39, 0.29) is 29.5 Å². The van der Waals surface area contributed by atoms with Gasteiger partial charge in [-0.3, -0.25) is 0 Å². The van der Waals surface area contributed by atoms with Gasteiger partial charge in [0.15, 0.2) is 0 Å². The van der Waals surface area contributed by atoms with Crippen molar-refractivity contribution >= 4 is 15.7 Å². The number of aryl methyl sites for hydroxylation is 2. The maximum absolute atomic E-state index is 14.5. The molecule has 2 aliphatic heterocycles. The molecular formula is C41H55N5O7S. The van der Waals surface area contributed by atoms with E-state index >= 15 is 0 Å². The summed E-state index contributed by atoms with van der Waals surface area (Å²) in [6, 6.07) is 21.5. The van der Waals surface area contributed by atoms with Gasteiger partial charge in [0.1, 0.15) is 25.0 Å². The van der Waals surface area contributed by atoms with Gasteiger partial charge in [0.25, 0.3) is 0 Å². The molecule has 4 atom stereocenters. The summed E-state index contributed by atoms with van der Waals surface area (Å²) in [5.41, 5.74) is 5.23. The van der Waals surface area contributed by atoms with E-state index in [1.807, 2.05) is 49.6 Å². The lowest BCUT2D eigenvalue weighted by Gasteiger charge is -2.43. The molecule has 12 nitrogen and oxygen atoms in total. The van der Waals surface area contributed by atoms with Gasteiger partial charge < -0.3 is 33.2 Å².